The highest BCUT2D eigenvalue weighted by Gasteiger charge is 2.25. The Morgan fingerprint density at radius 1 is 0.140 bits per heavy atom. The molecule has 22 aromatic carbocycles. The van der Waals surface area contributed by atoms with Crippen LogP contribution >= 0.6 is 0 Å². The van der Waals surface area contributed by atoms with E-state index < -0.39 is 72.5 Å². The second-order valence-corrected chi connectivity index (χ2v) is 29.6. The zero-order valence-corrected chi connectivity index (χ0v) is 64.1. The fourth-order valence-corrected chi connectivity index (χ4v) is 17.7. The SMILES string of the molecule is [2H]c1c([2H])c([2H])c2c(-c3ccc(-c4cccc5c4oc4ccccc45)cc3)c3c([2H])c([2H])c([2H])c([2H])c3c(-c3ccccc3)c2c1[2H].[2H]c1c([2H])c([2H])c2c(-c3cccc(-c4cccc5c4oc4ccccc45)c3)c3c([2H])c([2H])c([2H])c([2H])c3c(-c3ccccc3)c2c1[2H].[2H]c1c([2H])c([2H])c2c(-c3cccc4c3oc3ccccc34)c3c([2H])c([2H])c([2H])c([2H])c3c(-c3ccc(-c4ccccc4)c4ccccc34)c2c1[2H]. The minimum absolute atomic E-state index is 0.151. The lowest BCUT2D eigenvalue weighted by atomic mass is 9.83. The van der Waals surface area contributed by atoms with E-state index in [4.69, 9.17) is 40.7 Å². The Bertz CT molecular complexity index is 9660. The van der Waals surface area contributed by atoms with Crippen molar-refractivity contribution in [1.82, 2.24) is 0 Å². The minimum Gasteiger partial charge on any atom is -0.455 e. The van der Waals surface area contributed by atoms with E-state index in [-0.39, 0.29) is 143 Å². The number of para-hydroxylation sites is 6. The average molecular weight is 1560 g/mol. The standard InChI is InChI=1S/C42H26O.2C38H24O/c1-2-13-27(14-3-1)28-25-26-36(30-16-5-4-15-29(28)30)40-32-18-6-8-20-34(32)41(35-21-9-7-19-33(35)40)38-23-12-22-37-31-17-10-11-24-39(31)43-42(37)38;1-2-12-25(13-3-1)36-30-17-4-6-19-32(30)37(33-20-7-5-18-31(33)36)27-15-10-14-26(24-27)28-21-11-22-34-29-16-8-9-23-35(29)39-38(28)34;1-2-11-26(12-3-1)36-30-14-4-6-16-32(30)37(33-17-7-5-15-31(33)36)27-23-21-25(22-24-27)28-18-10-19-34-29-13-8-9-20-35(29)39-38(28)34/h1-26H;2*1-24H/i6D,7D,8D,9D,18D,19D,20D,21D;4D,5D,6D,7D,17D,18D,19D,20D;4D,5D,6D,7D,14D,15D,16D,17D. The Balaban J connectivity index is 0.000000120. The van der Waals surface area contributed by atoms with Crippen molar-refractivity contribution in [3.05, 3.63) is 448 Å². The molecule has 3 aromatic heterocycles. The molecular weight excluding hydrogens is 1470 g/mol. The molecule has 0 spiro atoms. The van der Waals surface area contributed by atoms with Crippen molar-refractivity contribution >= 4 is 141 Å². The van der Waals surface area contributed by atoms with Gasteiger partial charge in [-0.25, -0.2) is 0 Å². The molecule has 0 aliphatic rings. The van der Waals surface area contributed by atoms with Crippen LogP contribution in [0.15, 0.2) is 462 Å². The number of rotatable bonds is 9. The summed E-state index contributed by atoms with van der Waals surface area (Å²) < 4.78 is 233. The monoisotopic (exact) mass is 1560 g/mol. The van der Waals surface area contributed by atoms with Gasteiger partial charge in [-0.05, 0) is 178 Å². The molecule has 0 saturated carbocycles. The smallest absolute Gasteiger partial charge is 0.143 e. The summed E-state index contributed by atoms with van der Waals surface area (Å²) in [6.07, 6.45) is 0. The molecule has 0 fully saturated rings. The lowest BCUT2D eigenvalue weighted by Crippen LogP contribution is -1.92. The summed E-state index contributed by atoms with van der Waals surface area (Å²) in [4.78, 5) is 0. The number of furan rings is 3. The molecular formula is C118H74O3. The van der Waals surface area contributed by atoms with Gasteiger partial charge in [0.05, 0.1) is 32.9 Å². The van der Waals surface area contributed by atoms with Crippen molar-refractivity contribution in [2.24, 2.45) is 0 Å². The third-order valence-corrected chi connectivity index (χ3v) is 23.0. The van der Waals surface area contributed by atoms with Crippen LogP contribution in [0.4, 0.5) is 0 Å². The molecule has 3 nitrogen and oxygen atoms in total. The molecule has 3 heteroatoms. The highest BCUT2D eigenvalue weighted by Crippen LogP contribution is 2.52. The van der Waals surface area contributed by atoms with Crippen LogP contribution < -0.4 is 0 Å². The van der Waals surface area contributed by atoms with Crippen LogP contribution in [0.1, 0.15) is 32.9 Å². The number of hydrogen-bond acceptors (Lipinski definition) is 3. The summed E-state index contributed by atoms with van der Waals surface area (Å²) in [5.74, 6) is 0. The maximum atomic E-state index is 9.40. The predicted molar refractivity (Wildman–Crippen MR) is 513 cm³/mol. The number of hydrogen-bond donors (Lipinski definition) is 0. The van der Waals surface area contributed by atoms with Crippen LogP contribution in [0.5, 0.6) is 0 Å². The lowest BCUT2D eigenvalue weighted by molar-refractivity contribution is 0.669. The Morgan fingerprint density at radius 3 is 0.777 bits per heavy atom. The summed E-state index contributed by atoms with van der Waals surface area (Å²) >= 11 is 0. The molecule has 0 aliphatic carbocycles. The normalized spacial score (nSPS) is 14.4. The first-order valence-corrected chi connectivity index (χ1v) is 39.6. The van der Waals surface area contributed by atoms with Crippen molar-refractivity contribution in [2.45, 2.75) is 0 Å². The molecule has 0 N–H and O–H groups in total. The second-order valence-electron chi connectivity index (χ2n) is 29.6. The van der Waals surface area contributed by atoms with Gasteiger partial charge in [-0.2, -0.15) is 0 Å². The topological polar surface area (TPSA) is 39.4 Å². The fraction of sp³-hybridized carbons (Fsp3) is 0. The molecule has 121 heavy (non-hydrogen) atoms. The summed E-state index contributed by atoms with van der Waals surface area (Å²) in [5.41, 5.74) is 14.5. The van der Waals surface area contributed by atoms with Crippen LogP contribution in [-0.2, 0) is 0 Å². The second kappa shape index (κ2) is 29.7. The summed E-state index contributed by atoms with van der Waals surface area (Å²) in [5, 5.41) is 9.42. The quantitative estimate of drug-likeness (QED) is 0.135. The zero-order chi connectivity index (χ0) is 101. The van der Waals surface area contributed by atoms with Gasteiger partial charge < -0.3 is 13.3 Å². The number of fused-ring (bicyclic) bond motifs is 16. The molecule has 25 aromatic rings. The van der Waals surface area contributed by atoms with Gasteiger partial charge in [-0.15, -0.1) is 0 Å². The van der Waals surface area contributed by atoms with Crippen molar-refractivity contribution in [3.63, 3.8) is 0 Å². The molecule has 0 radical (unpaired) electrons. The van der Waals surface area contributed by atoms with Gasteiger partial charge in [0.25, 0.3) is 0 Å². The molecule has 0 aliphatic heterocycles. The highest BCUT2D eigenvalue weighted by molar-refractivity contribution is 6.28. The Morgan fingerprint density at radius 2 is 0.380 bits per heavy atom. The van der Waals surface area contributed by atoms with Gasteiger partial charge in [0, 0.05) is 54.6 Å². The molecule has 564 valence electrons. The van der Waals surface area contributed by atoms with Gasteiger partial charge in [-0.3, -0.25) is 0 Å². The third kappa shape index (κ3) is 12.0. The molecule has 0 saturated heterocycles. The maximum absolute atomic E-state index is 9.40. The van der Waals surface area contributed by atoms with Crippen LogP contribution in [-0.4, -0.2) is 0 Å². The largest absolute Gasteiger partial charge is 0.455 e. The fourth-order valence-electron chi connectivity index (χ4n) is 17.7. The molecule has 25 rings (SSSR count). The van der Waals surface area contributed by atoms with Crippen molar-refractivity contribution in [1.29, 1.82) is 0 Å². The Labute approximate surface area is 732 Å². The van der Waals surface area contributed by atoms with Gasteiger partial charge in [-0.1, -0.05) is 424 Å². The highest BCUT2D eigenvalue weighted by atomic mass is 16.3. The van der Waals surface area contributed by atoms with E-state index in [2.05, 4.69) is 0 Å². The van der Waals surface area contributed by atoms with E-state index >= 15 is 0 Å². The molecule has 0 bridgehead atoms. The van der Waals surface area contributed by atoms with E-state index in [0.29, 0.717) is 77.9 Å². The van der Waals surface area contributed by atoms with Crippen molar-refractivity contribution in [2.75, 3.05) is 0 Å². The van der Waals surface area contributed by atoms with E-state index in [1.807, 2.05) is 243 Å². The van der Waals surface area contributed by atoms with Gasteiger partial charge in [0.1, 0.15) is 33.5 Å². The zero-order valence-electron chi connectivity index (χ0n) is 88.1. The van der Waals surface area contributed by atoms with Crippen molar-refractivity contribution in [3.8, 4) is 100 Å². The van der Waals surface area contributed by atoms with Crippen molar-refractivity contribution < 1.29 is 46.1 Å². The van der Waals surface area contributed by atoms with Crippen LogP contribution in [0.25, 0.3) is 241 Å². The Hall–Kier alpha value is -15.9. The summed E-state index contributed by atoms with van der Waals surface area (Å²) in [7, 11) is 0. The summed E-state index contributed by atoms with van der Waals surface area (Å²) in [6, 6.07) is 86.5. The van der Waals surface area contributed by atoms with E-state index in [1.165, 1.54) is 0 Å². The number of benzene rings is 22. The maximum Gasteiger partial charge on any atom is 0.143 e. The van der Waals surface area contributed by atoms with Crippen LogP contribution in [0.3, 0.4) is 0 Å². The third-order valence-electron chi connectivity index (χ3n) is 23.0. The minimum atomic E-state index is -0.444. The lowest BCUT2D eigenvalue weighted by Gasteiger charge is -2.19. The predicted octanol–water partition coefficient (Wildman–Crippen LogP) is 33.8. The Kier molecular flexibility index (Phi) is 12.2. The molecule has 0 atom stereocenters. The molecule has 0 unspecified atom stereocenters. The van der Waals surface area contributed by atoms with Gasteiger partial charge in [0.15, 0.2) is 0 Å². The van der Waals surface area contributed by atoms with Crippen LogP contribution in [0.2, 0.25) is 0 Å². The van der Waals surface area contributed by atoms with E-state index in [0.717, 1.165) is 93.2 Å². The average Bonchev–Trinajstić information content (AvgIpc) is 1.34. The van der Waals surface area contributed by atoms with Gasteiger partial charge >= 0.3 is 0 Å². The summed E-state index contributed by atoms with van der Waals surface area (Å²) in [6.45, 7) is 0. The van der Waals surface area contributed by atoms with E-state index in [1.54, 1.807) is 60.7 Å². The van der Waals surface area contributed by atoms with E-state index in [9.17, 15) is 5.48 Å². The first-order chi connectivity index (χ1) is 70.1. The first kappa shape index (κ1) is 49.9. The van der Waals surface area contributed by atoms with Crippen LogP contribution in [0, 0.1) is 0 Å². The molecule has 0 amide bonds. The van der Waals surface area contributed by atoms with Gasteiger partial charge in [0.2, 0.25) is 0 Å². The first-order valence-electron chi connectivity index (χ1n) is 51.6. The molecule has 3 heterocycles.